The van der Waals surface area contributed by atoms with Gasteiger partial charge in [0.05, 0.1) is 12.0 Å². The van der Waals surface area contributed by atoms with Crippen molar-refractivity contribution in [3.63, 3.8) is 0 Å². The Morgan fingerprint density at radius 3 is 2.74 bits per heavy atom. The Balaban J connectivity index is 0.00000272. The van der Waals surface area contributed by atoms with Crippen LogP contribution in [0, 0.1) is 6.92 Å². The molecule has 0 amide bonds. The van der Waals surface area contributed by atoms with E-state index in [2.05, 4.69) is 37.8 Å². The van der Waals surface area contributed by atoms with Gasteiger partial charge in [0.2, 0.25) is 0 Å². The molecule has 0 bridgehead atoms. The molecule has 0 aromatic carbocycles. The zero-order valence-corrected chi connectivity index (χ0v) is 21.0. The summed E-state index contributed by atoms with van der Waals surface area (Å²) in [5.41, 5.74) is 1.00. The van der Waals surface area contributed by atoms with E-state index in [-0.39, 0.29) is 24.0 Å². The molecule has 0 aliphatic carbocycles. The number of nitrogens with one attached hydrogen (secondary N) is 1. The summed E-state index contributed by atoms with van der Waals surface area (Å²) in [6, 6.07) is 10.2. The number of aromatic nitrogens is 1. The minimum Gasteiger partial charge on any atom is -0.469 e. The molecule has 1 aliphatic rings. The van der Waals surface area contributed by atoms with Crippen LogP contribution in [0.15, 0.2) is 55.9 Å². The van der Waals surface area contributed by atoms with Gasteiger partial charge in [0.1, 0.15) is 11.5 Å². The monoisotopic (exact) mass is 555 g/mol. The van der Waals surface area contributed by atoms with Crippen molar-refractivity contribution >= 4 is 41.3 Å². The van der Waals surface area contributed by atoms with Gasteiger partial charge in [-0.15, -0.1) is 35.3 Å². The van der Waals surface area contributed by atoms with Crippen LogP contribution in [-0.4, -0.2) is 60.2 Å². The van der Waals surface area contributed by atoms with Crippen molar-refractivity contribution < 1.29 is 8.94 Å². The smallest absolute Gasteiger partial charge is 0.194 e. The fraction of sp³-hybridized carbons (Fsp3) is 0.455. The standard InChI is InChI=1S/C22H29N5O2S.HI/c1-18-16-19(25-29-18)17-26-10-12-27(13-11-26)22(23-8-6-20-4-2-14-28-20)24-9-7-21-5-3-15-30-21;/h2-5,14-16H,6-13,17H2,1H3,(H,23,24);1H. The molecule has 0 spiro atoms. The topological polar surface area (TPSA) is 70.0 Å². The number of furan rings is 1. The normalized spacial score (nSPS) is 15.1. The van der Waals surface area contributed by atoms with Crippen LogP contribution in [0.3, 0.4) is 0 Å². The number of guanidine groups is 1. The molecule has 9 heteroatoms. The van der Waals surface area contributed by atoms with Gasteiger partial charge >= 0.3 is 0 Å². The molecule has 0 atom stereocenters. The minimum absolute atomic E-state index is 0. The minimum atomic E-state index is 0. The maximum absolute atomic E-state index is 5.45. The molecule has 31 heavy (non-hydrogen) atoms. The third kappa shape index (κ3) is 7.36. The molecule has 7 nitrogen and oxygen atoms in total. The number of halogens is 1. The van der Waals surface area contributed by atoms with Crippen molar-refractivity contribution in [3.8, 4) is 0 Å². The summed E-state index contributed by atoms with van der Waals surface area (Å²) in [4.78, 5) is 11.1. The van der Waals surface area contributed by atoms with E-state index in [1.165, 1.54) is 4.88 Å². The third-order valence-electron chi connectivity index (χ3n) is 5.17. The Morgan fingerprint density at radius 2 is 2.06 bits per heavy atom. The van der Waals surface area contributed by atoms with E-state index in [9.17, 15) is 0 Å². The first kappa shape index (κ1) is 23.8. The maximum Gasteiger partial charge on any atom is 0.194 e. The lowest BCUT2D eigenvalue weighted by Crippen LogP contribution is -2.52. The van der Waals surface area contributed by atoms with Crippen molar-refractivity contribution in [1.82, 2.24) is 20.3 Å². The lowest BCUT2D eigenvalue weighted by atomic mass is 10.3. The van der Waals surface area contributed by atoms with Crippen LogP contribution in [0.2, 0.25) is 0 Å². The molecule has 168 valence electrons. The van der Waals surface area contributed by atoms with Crippen LogP contribution in [0.5, 0.6) is 0 Å². The van der Waals surface area contributed by atoms with Crippen LogP contribution in [0.4, 0.5) is 0 Å². The summed E-state index contributed by atoms with van der Waals surface area (Å²) in [6.45, 7) is 8.23. The Kier molecular flexibility index (Phi) is 9.41. The number of hydrogen-bond donors (Lipinski definition) is 1. The first-order chi connectivity index (χ1) is 14.8. The van der Waals surface area contributed by atoms with Crippen molar-refractivity contribution in [2.24, 2.45) is 4.99 Å². The van der Waals surface area contributed by atoms with E-state index in [1.54, 1.807) is 17.6 Å². The van der Waals surface area contributed by atoms with Crippen LogP contribution >= 0.6 is 35.3 Å². The number of thiophene rings is 1. The van der Waals surface area contributed by atoms with Crippen molar-refractivity contribution in [3.05, 3.63) is 64.1 Å². The second-order valence-electron chi connectivity index (χ2n) is 7.48. The molecule has 4 rings (SSSR count). The molecule has 0 radical (unpaired) electrons. The van der Waals surface area contributed by atoms with Gasteiger partial charge in [-0.25, -0.2) is 0 Å². The number of nitrogens with zero attached hydrogens (tertiary/aromatic N) is 4. The quantitative estimate of drug-likeness (QED) is 0.259. The Labute approximate surface area is 204 Å². The van der Waals surface area contributed by atoms with Gasteiger partial charge in [-0.2, -0.15) is 0 Å². The zero-order chi connectivity index (χ0) is 20.6. The number of aryl methyl sites for hydroxylation is 1. The Hall–Kier alpha value is -1.85. The molecular weight excluding hydrogens is 525 g/mol. The van der Waals surface area contributed by atoms with E-state index in [1.807, 2.05) is 25.1 Å². The van der Waals surface area contributed by atoms with Gasteiger partial charge in [-0.1, -0.05) is 11.2 Å². The van der Waals surface area contributed by atoms with Gasteiger partial charge in [0, 0.05) is 69.6 Å². The zero-order valence-electron chi connectivity index (χ0n) is 17.8. The van der Waals surface area contributed by atoms with E-state index < -0.39 is 0 Å². The van der Waals surface area contributed by atoms with Crippen molar-refractivity contribution in [2.45, 2.75) is 26.3 Å². The summed E-state index contributed by atoms with van der Waals surface area (Å²) >= 11 is 1.79. The fourth-order valence-corrected chi connectivity index (χ4v) is 4.28. The van der Waals surface area contributed by atoms with Gasteiger partial charge in [0.25, 0.3) is 0 Å². The highest BCUT2D eigenvalue weighted by Crippen LogP contribution is 2.11. The van der Waals surface area contributed by atoms with Crippen LogP contribution < -0.4 is 5.32 Å². The molecule has 1 aliphatic heterocycles. The van der Waals surface area contributed by atoms with E-state index in [4.69, 9.17) is 13.9 Å². The van der Waals surface area contributed by atoms with Crippen molar-refractivity contribution in [1.29, 1.82) is 0 Å². The van der Waals surface area contributed by atoms with Gasteiger partial charge < -0.3 is 19.2 Å². The van der Waals surface area contributed by atoms with Gasteiger partial charge in [-0.3, -0.25) is 9.89 Å². The van der Waals surface area contributed by atoms with Crippen LogP contribution in [0.1, 0.15) is 22.1 Å². The van der Waals surface area contributed by atoms with Crippen LogP contribution in [0.25, 0.3) is 0 Å². The predicted molar refractivity (Wildman–Crippen MR) is 134 cm³/mol. The molecule has 1 N–H and O–H groups in total. The molecular formula is C22H30IN5O2S. The highest BCUT2D eigenvalue weighted by atomic mass is 127. The Morgan fingerprint density at radius 1 is 1.19 bits per heavy atom. The second-order valence-corrected chi connectivity index (χ2v) is 8.52. The largest absolute Gasteiger partial charge is 0.469 e. The highest BCUT2D eigenvalue weighted by molar-refractivity contribution is 14.0. The fourth-order valence-electron chi connectivity index (χ4n) is 3.59. The predicted octanol–water partition coefficient (Wildman–Crippen LogP) is 3.80. The summed E-state index contributed by atoms with van der Waals surface area (Å²) in [7, 11) is 0. The average molecular weight is 555 g/mol. The van der Waals surface area contributed by atoms with E-state index >= 15 is 0 Å². The van der Waals surface area contributed by atoms with Crippen LogP contribution in [-0.2, 0) is 19.4 Å². The van der Waals surface area contributed by atoms with Gasteiger partial charge in [-0.05, 0) is 30.5 Å². The van der Waals surface area contributed by atoms with E-state index in [0.29, 0.717) is 0 Å². The first-order valence-electron chi connectivity index (χ1n) is 10.5. The SMILES string of the molecule is Cc1cc(CN2CCN(C(=NCCc3cccs3)NCCc3ccco3)CC2)no1.I. The summed E-state index contributed by atoms with van der Waals surface area (Å²) in [5.74, 6) is 2.85. The highest BCUT2D eigenvalue weighted by Gasteiger charge is 2.20. The molecule has 3 aromatic rings. The number of piperazine rings is 1. The number of rotatable bonds is 8. The summed E-state index contributed by atoms with van der Waals surface area (Å²) in [6.07, 6.45) is 3.55. The van der Waals surface area contributed by atoms with E-state index in [0.717, 1.165) is 81.8 Å². The third-order valence-corrected chi connectivity index (χ3v) is 6.10. The summed E-state index contributed by atoms with van der Waals surface area (Å²) < 4.78 is 10.6. The lowest BCUT2D eigenvalue weighted by molar-refractivity contribution is 0.169. The molecule has 0 saturated carbocycles. The average Bonchev–Trinajstić information content (AvgIpc) is 3.52. The molecule has 1 saturated heterocycles. The molecule has 4 heterocycles. The van der Waals surface area contributed by atoms with Gasteiger partial charge in [0.15, 0.2) is 5.96 Å². The Bertz CT molecular complexity index is 902. The van der Waals surface area contributed by atoms with Crippen molar-refractivity contribution in [2.75, 3.05) is 39.3 Å². The maximum atomic E-state index is 5.45. The summed E-state index contributed by atoms with van der Waals surface area (Å²) in [5, 5.41) is 9.79. The number of hydrogen-bond acceptors (Lipinski definition) is 6. The second kappa shape index (κ2) is 12.3. The molecule has 1 fully saturated rings. The first-order valence-corrected chi connectivity index (χ1v) is 11.4. The lowest BCUT2D eigenvalue weighted by Gasteiger charge is -2.36. The molecule has 3 aromatic heterocycles. The molecule has 0 unspecified atom stereocenters. The number of aliphatic imine (C=N–C) groups is 1.